The zero-order valence-corrected chi connectivity index (χ0v) is 10.9. The predicted molar refractivity (Wildman–Crippen MR) is 72.4 cm³/mol. The van der Waals surface area contributed by atoms with E-state index >= 15 is 0 Å². The number of carbonyl (C=O) groups is 1. The van der Waals surface area contributed by atoms with E-state index in [2.05, 4.69) is 0 Å². The number of aryl methyl sites for hydroxylation is 1. The number of rotatable bonds is 3. The number of carbonyl (C=O) groups excluding carboxylic acids is 1. The summed E-state index contributed by atoms with van der Waals surface area (Å²) in [5, 5.41) is 0. The van der Waals surface area contributed by atoms with Crippen molar-refractivity contribution in [1.29, 1.82) is 0 Å². The minimum atomic E-state index is -0.257. The first-order valence-corrected chi connectivity index (χ1v) is 6.70. The molecule has 18 heavy (non-hydrogen) atoms. The van der Waals surface area contributed by atoms with Crippen molar-refractivity contribution in [2.24, 2.45) is 5.92 Å². The molecule has 0 saturated heterocycles. The molecule has 0 spiro atoms. The minimum Gasteiger partial charge on any atom is -0.462 e. The Hall–Kier alpha value is -1.51. The Morgan fingerprint density at radius 3 is 2.72 bits per heavy atom. The van der Waals surface area contributed by atoms with Gasteiger partial charge in [-0.1, -0.05) is 25.3 Å². The molecule has 1 saturated carbocycles. The van der Waals surface area contributed by atoms with Crippen LogP contribution in [0.25, 0.3) is 0 Å². The van der Waals surface area contributed by atoms with E-state index in [1.54, 1.807) is 12.1 Å². The van der Waals surface area contributed by atoms with Crippen molar-refractivity contribution >= 4 is 11.7 Å². The number of ether oxygens (including phenoxy) is 1. The van der Waals surface area contributed by atoms with Crippen molar-refractivity contribution in [2.75, 3.05) is 12.3 Å². The third kappa shape index (κ3) is 3.25. The number of nitrogens with two attached hydrogens (primary N) is 1. The zero-order valence-electron chi connectivity index (χ0n) is 10.9. The highest BCUT2D eigenvalue weighted by Gasteiger charge is 2.16. The van der Waals surface area contributed by atoms with Gasteiger partial charge in [0.15, 0.2) is 0 Å². The maximum absolute atomic E-state index is 11.9. The van der Waals surface area contributed by atoms with Crippen LogP contribution in [-0.4, -0.2) is 12.6 Å². The smallest absolute Gasteiger partial charge is 0.338 e. The molecule has 0 heterocycles. The largest absolute Gasteiger partial charge is 0.462 e. The summed E-state index contributed by atoms with van der Waals surface area (Å²) >= 11 is 0. The summed E-state index contributed by atoms with van der Waals surface area (Å²) < 4.78 is 5.37. The van der Waals surface area contributed by atoms with Crippen LogP contribution >= 0.6 is 0 Å². The molecule has 1 aliphatic rings. The highest BCUT2D eigenvalue weighted by molar-refractivity contribution is 5.90. The van der Waals surface area contributed by atoms with E-state index in [0.29, 0.717) is 23.8 Å². The molecule has 1 aromatic carbocycles. The summed E-state index contributed by atoms with van der Waals surface area (Å²) in [6.07, 6.45) is 6.21. The fourth-order valence-corrected chi connectivity index (χ4v) is 2.40. The van der Waals surface area contributed by atoms with Gasteiger partial charge >= 0.3 is 5.97 Å². The first kappa shape index (κ1) is 12.9. The Kier molecular flexibility index (Phi) is 4.24. The topological polar surface area (TPSA) is 52.3 Å². The SMILES string of the molecule is Cc1ccc(C(=O)OCC2CCCCC2)cc1N. The van der Waals surface area contributed by atoms with Gasteiger partial charge in [-0.15, -0.1) is 0 Å². The Morgan fingerprint density at radius 2 is 2.06 bits per heavy atom. The van der Waals surface area contributed by atoms with Crippen LogP contribution in [0, 0.1) is 12.8 Å². The Morgan fingerprint density at radius 1 is 1.33 bits per heavy atom. The van der Waals surface area contributed by atoms with E-state index < -0.39 is 0 Å². The van der Waals surface area contributed by atoms with Crippen LogP contribution in [0.15, 0.2) is 18.2 Å². The average Bonchev–Trinajstić information content (AvgIpc) is 2.40. The minimum absolute atomic E-state index is 0.257. The van der Waals surface area contributed by atoms with Gasteiger partial charge in [0, 0.05) is 5.69 Å². The van der Waals surface area contributed by atoms with Gasteiger partial charge in [-0.05, 0) is 43.4 Å². The highest BCUT2D eigenvalue weighted by atomic mass is 16.5. The molecule has 2 N–H and O–H groups in total. The van der Waals surface area contributed by atoms with Crippen molar-refractivity contribution in [1.82, 2.24) is 0 Å². The lowest BCUT2D eigenvalue weighted by atomic mass is 9.90. The molecule has 98 valence electrons. The van der Waals surface area contributed by atoms with Crippen LogP contribution in [0.3, 0.4) is 0 Å². The van der Waals surface area contributed by atoms with E-state index in [9.17, 15) is 4.79 Å². The Bertz CT molecular complexity index is 423. The van der Waals surface area contributed by atoms with E-state index in [4.69, 9.17) is 10.5 Å². The van der Waals surface area contributed by atoms with Gasteiger partial charge in [0.1, 0.15) is 0 Å². The summed E-state index contributed by atoms with van der Waals surface area (Å²) in [6, 6.07) is 5.32. The summed E-state index contributed by atoms with van der Waals surface area (Å²) in [7, 11) is 0. The van der Waals surface area contributed by atoms with Crippen LogP contribution in [0.2, 0.25) is 0 Å². The molecule has 0 aliphatic heterocycles. The summed E-state index contributed by atoms with van der Waals surface area (Å²) in [5.41, 5.74) is 7.97. The predicted octanol–water partition coefficient (Wildman–Crippen LogP) is 3.31. The fraction of sp³-hybridized carbons (Fsp3) is 0.533. The number of hydrogen-bond donors (Lipinski definition) is 1. The lowest BCUT2D eigenvalue weighted by Gasteiger charge is -2.21. The molecular formula is C15H21NO2. The Labute approximate surface area is 108 Å². The molecular weight excluding hydrogens is 226 g/mol. The average molecular weight is 247 g/mol. The Balaban J connectivity index is 1.88. The van der Waals surface area contributed by atoms with Crippen LogP contribution < -0.4 is 5.73 Å². The van der Waals surface area contributed by atoms with E-state index in [1.165, 1.54) is 32.1 Å². The molecule has 3 heteroatoms. The third-order valence-corrected chi connectivity index (χ3v) is 3.69. The van der Waals surface area contributed by atoms with Crippen molar-refractivity contribution in [2.45, 2.75) is 39.0 Å². The molecule has 1 fully saturated rings. The van der Waals surface area contributed by atoms with E-state index in [1.807, 2.05) is 13.0 Å². The van der Waals surface area contributed by atoms with Crippen molar-refractivity contribution < 1.29 is 9.53 Å². The maximum atomic E-state index is 11.9. The lowest BCUT2D eigenvalue weighted by molar-refractivity contribution is 0.0410. The summed E-state index contributed by atoms with van der Waals surface area (Å²) in [6.45, 7) is 2.47. The van der Waals surface area contributed by atoms with Gasteiger partial charge in [0.2, 0.25) is 0 Å². The number of benzene rings is 1. The van der Waals surface area contributed by atoms with Crippen molar-refractivity contribution in [3.63, 3.8) is 0 Å². The summed E-state index contributed by atoms with van der Waals surface area (Å²) in [4.78, 5) is 11.9. The third-order valence-electron chi connectivity index (χ3n) is 3.69. The second kappa shape index (κ2) is 5.89. The highest BCUT2D eigenvalue weighted by Crippen LogP contribution is 2.24. The van der Waals surface area contributed by atoms with Crippen molar-refractivity contribution in [3.05, 3.63) is 29.3 Å². The molecule has 0 atom stereocenters. The van der Waals surface area contributed by atoms with Crippen LogP contribution in [0.1, 0.15) is 48.0 Å². The van der Waals surface area contributed by atoms with Gasteiger partial charge in [0.05, 0.1) is 12.2 Å². The molecule has 3 nitrogen and oxygen atoms in total. The van der Waals surface area contributed by atoms with Crippen LogP contribution in [-0.2, 0) is 4.74 Å². The molecule has 1 aliphatic carbocycles. The number of hydrogen-bond acceptors (Lipinski definition) is 3. The van der Waals surface area contributed by atoms with Crippen molar-refractivity contribution in [3.8, 4) is 0 Å². The van der Waals surface area contributed by atoms with Gasteiger partial charge in [0.25, 0.3) is 0 Å². The van der Waals surface area contributed by atoms with E-state index in [-0.39, 0.29) is 5.97 Å². The molecule has 0 unspecified atom stereocenters. The van der Waals surface area contributed by atoms with Gasteiger partial charge in [-0.3, -0.25) is 0 Å². The van der Waals surface area contributed by atoms with Crippen LogP contribution in [0.5, 0.6) is 0 Å². The molecule has 0 aromatic heterocycles. The van der Waals surface area contributed by atoms with Crippen LogP contribution in [0.4, 0.5) is 5.69 Å². The molecule has 0 radical (unpaired) electrons. The van der Waals surface area contributed by atoms with Gasteiger partial charge < -0.3 is 10.5 Å². The number of esters is 1. The second-order valence-corrected chi connectivity index (χ2v) is 5.17. The lowest BCUT2D eigenvalue weighted by Crippen LogP contribution is -2.17. The van der Waals surface area contributed by atoms with E-state index in [0.717, 1.165) is 5.56 Å². The quantitative estimate of drug-likeness (QED) is 0.658. The van der Waals surface area contributed by atoms with Gasteiger partial charge in [-0.25, -0.2) is 4.79 Å². The molecule has 0 bridgehead atoms. The second-order valence-electron chi connectivity index (χ2n) is 5.17. The molecule has 2 rings (SSSR count). The normalized spacial score (nSPS) is 16.5. The first-order valence-electron chi connectivity index (χ1n) is 6.70. The standard InChI is InChI=1S/C15H21NO2/c1-11-7-8-13(9-14(11)16)15(17)18-10-12-5-3-2-4-6-12/h7-9,12H,2-6,10,16H2,1H3. The molecule has 0 amide bonds. The number of anilines is 1. The zero-order chi connectivity index (χ0) is 13.0. The monoisotopic (exact) mass is 247 g/mol. The maximum Gasteiger partial charge on any atom is 0.338 e. The summed E-state index contributed by atoms with van der Waals surface area (Å²) in [5.74, 6) is 0.290. The molecule has 1 aromatic rings. The number of nitrogen functional groups attached to an aromatic ring is 1. The fourth-order valence-electron chi connectivity index (χ4n) is 2.40. The van der Waals surface area contributed by atoms with Gasteiger partial charge in [-0.2, -0.15) is 0 Å². The first-order chi connectivity index (χ1) is 8.66.